The highest BCUT2D eigenvalue weighted by Gasteiger charge is 2.19. The van der Waals surface area contributed by atoms with Crippen LogP contribution in [0, 0.1) is 0 Å². The SMILES string of the molecule is C=Cc1ccc(-c2ccc(-c3c4ccccc4c(-c4ccc(-c5cccnc5)c5ccccc45)c4ccccc34)cc2)cc1. The first kappa shape index (κ1) is 25.9. The summed E-state index contributed by atoms with van der Waals surface area (Å²) in [6.07, 6.45) is 5.65. The summed E-state index contributed by atoms with van der Waals surface area (Å²) in [6.45, 7) is 3.88. The highest BCUT2D eigenvalue weighted by atomic mass is 14.6. The van der Waals surface area contributed by atoms with Gasteiger partial charge in [0.2, 0.25) is 0 Å². The number of pyridine rings is 1. The van der Waals surface area contributed by atoms with E-state index < -0.39 is 0 Å². The molecule has 1 nitrogen and oxygen atoms in total. The summed E-state index contributed by atoms with van der Waals surface area (Å²) in [5, 5.41) is 7.49. The highest BCUT2D eigenvalue weighted by Crippen LogP contribution is 2.46. The summed E-state index contributed by atoms with van der Waals surface area (Å²) in [6, 6.07) is 52.7. The third-order valence-corrected chi connectivity index (χ3v) is 8.75. The minimum atomic E-state index is 1.13. The molecular weight excluding hydrogens is 530 g/mol. The average Bonchev–Trinajstić information content (AvgIpc) is 3.11. The molecule has 0 aliphatic rings. The molecule has 0 saturated heterocycles. The quantitative estimate of drug-likeness (QED) is 0.191. The second-order valence-corrected chi connectivity index (χ2v) is 11.2. The fraction of sp³-hybridized carbons (Fsp3) is 0. The summed E-state index contributed by atoms with van der Waals surface area (Å²) in [5.74, 6) is 0. The average molecular weight is 560 g/mol. The van der Waals surface area contributed by atoms with E-state index in [-0.39, 0.29) is 0 Å². The zero-order valence-corrected chi connectivity index (χ0v) is 24.2. The van der Waals surface area contributed by atoms with Gasteiger partial charge in [0.25, 0.3) is 0 Å². The first-order valence-electron chi connectivity index (χ1n) is 15.0. The van der Waals surface area contributed by atoms with Gasteiger partial charge in [-0.05, 0) is 82.9 Å². The number of fused-ring (bicyclic) bond motifs is 3. The van der Waals surface area contributed by atoms with E-state index in [0.717, 1.165) is 11.1 Å². The van der Waals surface area contributed by atoms with E-state index in [1.807, 2.05) is 24.5 Å². The van der Waals surface area contributed by atoms with Crippen LogP contribution >= 0.6 is 0 Å². The molecule has 0 spiro atoms. The van der Waals surface area contributed by atoms with Crippen molar-refractivity contribution in [2.45, 2.75) is 0 Å². The lowest BCUT2D eigenvalue weighted by Crippen LogP contribution is -1.92. The standard InChI is InChI=1S/C43H29N/c1-2-29-17-19-30(20-18-29)31-21-23-32(24-22-31)42-37-13-5-7-15-39(37)43(40-16-8-6-14-38(40)42)41-26-25-34(33-10-9-27-44-28-33)35-11-3-4-12-36(35)41/h2-28H,1H2. The summed E-state index contributed by atoms with van der Waals surface area (Å²) in [7, 11) is 0. The second-order valence-electron chi connectivity index (χ2n) is 11.2. The molecule has 0 aliphatic heterocycles. The number of benzene rings is 7. The number of rotatable bonds is 5. The van der Waals surface area contributed by atoms with Gasteiger partial charge in [-0.1, -0.05) is 152 Å². The first-order chi connectivity index (χ1) is 21.8. The van der Waals surface area contributed by atoms with Crippen molar-refractivity contribution in [1.29, 1.82) is 0 Å². The topological polar surface area (TPSA) is 12.9 Å². The van der Waals surface area contributed by atoms with Crippen LogP contribution in [-0.4, -0.2) is 4.98 Å². The largest absolute Gasteiger partial charge is 0.264 e. The first-order valence-corrected chi connectivity index (χ1v) is 15.0. The molecule has 206 valence electrons. The molecule has 0 fully saturated rings. The Morgan fingerprint density at radius 1 is 0.386 bits per heavy atom. The van der Waals surface area contributed by atoms with Crippen molar-refractivity contribution in [2.24, 2.45) is 0 Å². The van der Waals surface area contributed by atoms with E-state index >= 15 is 0 Å². The fourth-order valence-corrected chi connectivity index (χ4v) is 6.66. The highest BCUT2D eigenvalue weighted by molar-refractivity contribution is 6.24. The number of nitrogens with zero attached hydrogens (tertiary/aromatic N) is 1. The maximum Gasteiger partial charge on any atom is 0.0346 e. The number of aromatic nitrogens is 1. The van der Waals surface area contributed by atoms with Crippen LogP contribution in [0.5, 0.6) is 0 Å². The van der Waals surface area contributed by atoms with Gasteiger partial charge in [0.15, 0.2) is 0 Å². The van der Waals surface area contributed by atoms with Crippen molar-refractivity contribution in [2.75, 3.05) is 0 Å². The summed E-state index contributed by atoms with van der Waals surface area (Å²) in [5.41, 5.74) is 10.9. The van der Waals surface area contributed by atoms with Crippen LogP contribution in [0.25, 0.3) is 82.9 Å². The van der Waals surface area contributed by atoms with Gasteiger partial charge >= 0.3 is 0 Å². The van der Waals surface area contributed by atoms with E-state index in [4.69, 9.17) is 0 Å². The Morgan fingerprint density at radius 2 is 0.864 bits per heavy atom. The predicted octanol–water partition coefficient (Wildman–Crippen LogP) is 11.9. The molecule has 1 heteroatoms. The van der Waals surface area contributed by atoms with E-state index in [1.165, 1.54) is 71.3 Å². The van der Waals surface area contributed by atoms with E-state index in [1.54, 1.807) is 0 Å². The van der Waals surface area contributed by atoms with Crippen LogP contribution in [0.3, 0.4) is 0 Å². The third kappa shape index (κ3) is 4.30. The molecule has 0 radical (unpaired) electrons. The Bertz CT molecular complexity index is 2260. The van der Waals surface area contributed by atoms with Crippen LogP contribution in [0.2, 0.25) is 0 Å². The van der Waals surface area contributed by atoms with Crippen molar-refractivity contribution < 1.29 is 0 Å². The van der Waals surface area contributed by atoms with Crippen molar-refractivity contribution in [3.8, 4) is 44.5 Å². The van der Waals surface area contributed by atoms with Crippen LogP contribution in [0.4, 0.5) is 0 Å². The number of hydrogen-bond donors (Lipinski definition) is 0. The molecule has 0 saturated carbocycles. The molecule has 0 aliphatic carbocycles. The zero-order chi connectivity index (χ0) is 29.5. The van der Waals surface area contributed by atoms with E-state index in [9.17, 15) is 0 Å². The van der Waals surface area contributed by atoms with Gasteiger partial charge in [-0.15, -0.1) is 0 Å². The maximum atomic E-state index is 4.39. The van der Waals surface area contributed by atoms with Crippen LogP contribution in [-0.2, 0) is 0 Å². The number of hydrogen-bond acceptors (Lipinski definition) is 1. The fourth-order valence-electron chi connectivity index (χ4n) is 6.66. The molecule has 1 aromatic heterocycles. The molecule has 0 atom stereocenters. The summed E-state index contributed by atoms with van der Waals surface area (Å²) >= 11 is 0. The van der Waals surface area contributed by atoms with Crippen molar-refractivity contribution in [1.82, 2.24) is 4.98 Å². The molecule has 7 aromatic carbocycles. The van der Waals surface area contributed by atoms with Gasteiger partial charge in [-0.25, -0.2) is 0 Å². The predicted molar refractivity (Wildman–Crippen MR) is 189 cm³/mol. The lowest BCUT2D eigenvalue weighted by molar-refractivity contribution is 1.33. The molecule has 0 unspecified atom stereocenters. The minimum absolute atomic E-state index is 1.13. The second kappa shape index (κ2) is 10.8. The van der Waals surface area contributed by atoms with Gasteiger partial charge in [-0.3, -0.25) is 4.98 Å². The molecule has 0 N–H and O–H groups in total. The Morgan fingerprint density at radius 3 is 1.41 bits per heavy atom. The monoisotopic (exact) mass is 559 g/mol. The maximum absolute atomic E-state index is 4.39. The molecule has 8 aromatic rings. The summed E-state index contributed by atoms with van der Waals surface area (Å²) in [4.78, 5) is 4.39. The van der Waals surface area contributed by atoms with Crippen LogP contribution < -0.4 is 0 Å². The van der Waals surface area contributed by atoms with Crippen LogP contribution in [0.1, 0.15) is 5.56 Å². The Labute approximate surface area is 257 Å². The van der Waals surface area contributed by atoms with Gasteiger partial charge in [0, 0.05) is 18.0 Å². The lowest BCUT2D eigenvalue weighted by atomic mass is 9.83. The minimum Gasteiger partial charge on any atom is -0.264 e. The molecule has 0 amide bonds. The molecule has 44 heavy (non-hydrogen) atoms. The summed E-state index contributed by atoms with van der Waals surface area (Å²) < 4.78 is 0. The van der Waals surface area contributed by atoms with Crippen molar-refractivity contribution >= 4 is 38.4 Å². The van der Waals surface area contributed by atoms with Crippen molar-refractivity contribution in [3.63, 3.8) is 0 Å². The molecule has 8 rings (SSSR count). The normalized spacial score (nSPS) is 11.3. The van der Waals surface area contributed by atoms with Crippen LogP contribution in [0.15, 0.2) is 165 Å². The smallest absolute Gasteiger partial charge is 0.0346 e. The zero-order valence-electron chi connectivity index (χ0n) is 24.2. The molecule has 1 heterocycles. The lowest BCUT2D eigenvalue weighted by Gasteiger charge is -2.19. The Balaban J connectivity index is 1.36. The van der Waals surface area contributed by atoms with Gasteiger partial charge in [-0.2, -0.15) is 0 Å². The van der Waals surface area contributed by atoms with Gasteiger partial charge in [0.05, 0.1) is 0 Å². The van der Waals surface area contributed by atoms with E-state index in [0.29, 0.717) is 0 Å². The molecular formula is C43H29N. The van der Waals surface area contributed by atoms with E-state index in [2.05, 4.69) is 151 Å². The Hall–Kier alpha value is -5.79. The van der Waals surface area contributed by atoms with Gasteiger partial charge < -0.3 is 0 Å². The van der Waals surface area contributed by atoms with Gasteiger partial charge in [0.1, 0.15) is 0 Å². The van der Waals surface area contributed by atoms with Crippen molar-refractivity contribution in [3.05, 3.63) is 170 Å². The molecule has 0 bridgehead atoms. The third-order valence-electron chi connectivity index (χ3n) is 8.75. The Kier molecular flexibility index (Phi) is 6.35.